The van der Waals surface area contributed by atoms with E-state index in [0.717, 1.165) is 10.6 Å². The Morgan fingerprint density at radius 3 is 1.00 bits per heavy atom. The Bertz CT molecular complexity index is 395. The molecule has 2 aromatic carbocycles. The molecule has 0 aromatic heterocycles. The Balaban J connectivity index is 0. The van der Waals surface area contributed by atoms with Gasteiger partial charge in [0.15, 0.2) is 16.9 Å². The van der Waals surface area contributed by atoms with Crippen LogP contribution >= 0.6 is 41.7 Å². The molecule has 0 heterocycles. The van der Waals surface area contributed by atoms with E-state index >= 15 is 0 Å². The quantitative estimate of drug-likeness (QED) is 0.782. The summed E-state index contributed by atoms with van der Waals surface area (Å²) in [6.07, 6.45) is 0. The van der Waals surface area contributed by atoms with Gasteiger partial charge in [-0.3, -0.25) is 9.13 Å². The average Bonchev–Trinajstić information content (AvgIpc) is 2.41. The molecule has 0 radical (unpaired) electrons. The van der Waals surface area contributed by atoms with E-state index in [2.05, 4.69) is 0 Å². The second-order valence-corrected chi connectivity index (χ2v) is 4.25. The summed E-state index contributed by atoms with van der Waals surface area (Å²) < 4.78 is 20.2. The van der Waals surface area contributed by atoms with Crippen molar-refractivity contribution >= 4 is 52.3 Å². The van der Waals surface area contributed by atoms with Crippen molar-refractivity contribution in [3.8, 4) is 0 Å². The van der Waals surface area contributed by atoms with E-state index in [4.69, 9.17) is 0 Å². The highest BCUT2D eigenvalue weighted by Crippen LogP contribution is 1.93. The predicted molar refractivity (Wildman–Crippen MR) is 81.9 cm³/mol. The number of halogens is 2. The minimum absolute atomic E-state index is 0. The maximum Gasteiger partial charge on any atom is 0.192 e. The molecule has 2 rings (SSSR count). The first-order valence-corrected chi connectivity index (χ1v) is 6.26. The van der Waals surface area contributed by atoms with Crippen LogP contribution in [0.15, 0.2) is 60.7 Å². The molecule has 0 fully saturated rings. The van der Waals surface area contributed by atoms with Crippen LogP contribution < -0.4 is 10.6 Å². The largest absolute Gasteiger partial charge is 0.269 e. The van der Waals surface area contributed by atoms with Crippen LogP contribution in [-0.2, 0) is 9.13 Å². The first kappa shape index (κ1) is 19.6. The lowest BCUT2D eigenvalue weighted by atomic mass is 10.4. The topological polar surface area (TPSA) is 34.1 Å². The van der Waals surface area contributed by atoms with Crippen LogP contribution in [0.3, 0.4) is 0 Å². The number of hydrogen-bond donors (Lipinski definition) is 0. The van der Waals surface area contributed by atoms with Crippen molar-refractivity contribution in [3.63, 3.8) is 0 Å². The highest BCUT2D eigenvalue weighted by atomic mass is 35.5. The molecule has 6 heteroatoms. The van der Waals surface area contributed by atoms with E-state index in [1.54, 1.807) is 0 Å². The van der Waals surface area contributed by atoms with E-state index in [-0.39, 0.29) is 41.7 Å². The molecule has 0 aliphatic carbocycles. The molecule has 0 unspecified atom stereocenters. The van der Waals surface area contributed by atoms with Gasteiger partial charge in [-0.1, -0.05) is 36.4 Å². The third kappa shape index (κ3) is 8.33. The average molecular weight is 321 g/mol. The zero-order valence-electron chi connectivity index (χ0n) is 9.30. The van der Waals surface area contributed by atoms with Crippen LogP contribution in [0.4, 0.5) is 0 Å². The number of benzene rings is 2. The van der Waals surface area contributed by atoms with E-state index in [1.165, 1.54) is 0 Å². The SMILES string of the molecule is Cl.Cl.O=Pc1ccccc1.O=Pc1ccccc1. The van der Waals surface area contributed by atoms with Crippen molar-refractivity contribution in [2.75, 3.05) is 0 Å². The van der Waals surface area contributed by atoms with Gasteiger partial charge in [-0.2, -0.15) is 0 Å². The fourth-order valence-electron chi connectivity index (χ4n) is 0.978. The first-order valence-electron chi connectivity index (χ1n) is 4.63. The van der Waals surface area contributed by atoms with Gasteiger partial charge in [0, 0.05) is 10.6 Å². The second-order valence-electron chi connectivity index (χ2n) is 2.85. The van der Waals surface area contributed by atoms with Crippen LogP contribution in [-0.4, -0.2) is 0 Å². The zero-order valence-corrected chi connectivity index (χ0v) is 12.7. The Morgan fingerprint density at radius 1 is 0.556 bits per heavy atom. The summed E-state index contributed by atoms with van der Waals surface area (Å²) in [4.78, 5) is 0. The van der Waals surface area contributed by atoms with Crippen molar-refractivity contribution in [3.05, 3.63) is 60.7 Å². The second kappa shape index (κ2) is 12.7. The third-order valence-electron chi connectivity index (χ3n) is 1.72. The molecule has 0 saturated carbocycles. The summed E-state index contributed by atoms with van der Waals surface area (Å²) in [5.41, 5.74) is 0. The van der Waals surface area contributed by atoms with Crippen molar-refractivity contribution in [2.45, 2.75) is 0 Å². The molecule has 0 N–H and O–H groups in total. The summed E-state index contributed by atoms with van der Waals surface area (Å²) in [5.74, 6) is 0. The molecular weight excluding hydrogens is 309 g/mol. The van der Waals surface area contributed by atoms with Crippen LogP contribution in [0.5, 0.6) is 0 Å². The molecule has 0 aliphatic rings. The lowest BCUT2D eigenvalue weighted by Crippen LogP contribution is -1.84. The molecule has 18 heavy (non-hydrogen) atoms. The lowest BCUT2D eigenvalue weighted by molar-refractivity contribution is 0.602. The van der Waals surface area contributed by atoms with Crippen molar-refractivity contribution in [2.24, 2.45) is 0 Å². The van der Waals surface area contributed by atoms with E-state index in [0.29, 0.717) is 0 Å². The minimum atomic E-state index is 0. The molecular formula is C12H12Cl2O2P2. The van der Waals surface area contributed by atoms with Crippen molar-refractivity contribution in [1.82, 2.24) is 0 Å². The predicted octanol–water partition coefficient (Wildman–Crippen LogP) is 4.05. The maximum atomic E-state index is 10.1. The molecule has 0 atom stereocenters. The highest BCUT2D eigenvalue weighted by Gasteiger charge is 1.82. The van der Waals surface area contributed by atoms with Gasteiger partial charge >= 0.3 is 0 Å². The van der Waals surface area contributed by atoms with Crippen molar-refractivity contribution in [1.29, 1.82) is 0 Å². The third-order valence-corrected chi connectivity index (χ3v) is 2.74. The summed E-state index contributed by atoms with van der Waals surface area (Å²) in [5, 5.41) is 1.65. The summed E-state index contributed by atoms with van der Waals surface area (Å²) in [6.45, 7) is 0. The van der Waals surface area contributed by atoms with Crippen molar-refractivity contribution < 1.29 is 9.13 Å². The maximum absolute atomic E-state index is 10.1. The standard InChI is InChI=1S/2C6H5OP.2ClH/c2*7-8-6-4-2-1-3-5-6;;/h2*1-5H;2*1H. The zero-order chi connectivity index (χ0) is 11.6. The molecule has 0 bridgehead atoms. The molecule has 0 spiro atoms. The van der Waals surface area contributed by atoms with Crippen LogP contribution in [0, 0.1) is 0 Å². The normalized spacial score (nSPS) is 8.44. The first-order chi connectivity index (χ1) is 7.86. The van der Waals surface area contributed by atoms with Gasteiger partial charge in [-0.15, -0.1) is 24.8 Å². The molecule has 0 amide bonds. The monoisotopic (exact) mass is 320 g/mol. The smallest absolute Gasteiger partial charge is 0.192 e. The molecule has 2 nitrogen and oxygen atoms in total. The van der Waals surface area contributed by atoms with E-state index in [9.17, 15) is 9.13 Å². The minimum Gasteiger partial charge on any atom is -0.269 e. The Kier molecular flexibility index (Phi) is 13.8. The molecule has 0 saturated heterocycles. The summed E-state index contributed by atoms with van der Waals surface area (Å²) >= 11 is 0. The fourth-order valence-corrected chi connectivity index (χ4v) is 1.57. The Morgan fingerprint density at radius 2 is 0.833 bits per heavy atom. The number of rotatable bonds is 2. The molecule has 2 aromatic rings. The van der Waals surface area contributed by atoms with Gasteiger partial charge in [0.2, 0.25) is 0 Å². The van der Waals surface area contributed by atoms with E-state index in [1.807, 2.05) is 60.7 Å². The van der Waals surface area contributed by atoms with Gasteiger partial charge < -0.3 is 0 Å². The lowest BCUT2D eigenvalue weighted by Gasteiger charge is -1.80. The van der Waals surface area contributed by atoms with Gasteiger partial charge in [0.05, 0.1) is 0 Å². The van der Waals surface area contributed by atoms with Gasteiger partial charge in [0.25, 0.3) is 0 Å². The summed E-state index contributed by atoms with van der Waals surface area (Å²) in [6, 6.07) is 18.5. The van der Waals surface area contributed by atoms with Gasteiger partial charge in [0.1, 0.15) is 0 Å². The Hall–Kier alpha value is -0.780. The Labute approximate surface area is 122 Å². The fraction of sp³-hybridized carbons (Fsp3) is 0. The molecule has 96 valence electrons. The van der Waals surface area contributed by atoms with Crippen LogP contribution in [0.2, 0.25) is 0 Å². The van der Waals surface area contributed by atoms with Gasteiger partial charge in [-0.05, 0) is 24.3 Å². The van der Waals surface area contributed by atoms with Crippen LogP contribution in [0.25, 0.3) is 0 Å². The summed E-state index contributed by atoms with van der Waals surface area (Å²) in [7, 11) is 0.199. The van der Waals surface area contributed by atoms with E-state index < -0.39 is 0 Å². The van der Waals surface area contributed by atoms with Gasteiger partial charge in [-0.25, -0.2) is 0 Å². The van der Waals surface area contributed by atoms with Crippen LogP contribution in [0.1, 0.15) is 0 Å². The molecule has 0 aliphatic heterocycles. The number of hydrogen-bond acceptors (Lipinski definition) is 2. The highest BCUT2D eigenvalue weighted by molar-refractivity contribution is 7.34.